The van der Waals surface area contributed by atoms with Crippen LogP contribution in [-0.4, -0.2) is 19.0 Å². The van der Waals surface area contributed by atoms with Crippen LogP contribution in [0.3, 0.4) is 0 Å². The molecule has 1 rings (SSSR count). The molecule has 0 saturated heterocycles. The van der Waals surface area contributed by atoms with E-state index in [0.29, 0.717) is 12.0 Å². The van der Waals surface area contributed by atoms with Crippen LogP contribution >= 0.6 is 0 Å². The minimum Gasteiger partial charge on any atom is -0.327 e. The zero-order valence-electron chi connectivity index (χ0n) is 12.7. The van der Waals surface area contributed by atoms with Crippen LogP contribution in [0.5, 0.6) is 0 Å². The van der Waals surface area contributed by atoms with Gasteiger partial charge in [0.1, 0.15) is 0 Å². The number of carbonyl (C=O) groups is 1. The number of nitrogens with two attached hydrogens (primary N) is 1. The van der Waals surface area contributed by atoms with Crippen LogP contribution in [0.1, 0.15) is 39.2 Å². The van der Waals surface area contributed by atoms with Gasteiger partial charge in [-0.1, -0.05) is 26.8 Å². The number of anilines is 1. The smallest absolute Gasteiger partial charge is 0.228 e. The summed E-state index contributed by atoms with van der Waals surface area (Å²) in [5.74, 6) is -0.0307. The minimum absolute atomic E-state index is 0.0307. The first-order valence-corrected chi connectivity index (χ1v) is 6.75. The van der Waals surface area contributed by atoms with E-state index < -0.39 is 0 Å². The van der Waals surface area contributed by atoms with Crippen LogP contribution in [0, 0.1) is 16.7 Å². The summed E-state index contributed by atoms with van der Waals surface area (Å²) in [5, 5.41) is 8.88. The minimum atomic E-state index is -0.149. The molecule has 0 aliphatic rings. The first kappa shape index (κ1) is 16.2. The van der Waals surface area contributed by atoms with Gasteiger partial charge >= 0.3 is 0 Å². The molecule has 20 heavy (non-hydrogen) atoms. The average Bonchev–Trinajstić information content (AvgIpc) is 2.35. The highest BCUT2D eigenvalue weighted by molar-refractivity contribution is 5.93. The molecule has 2 N–H and O–H groups in total. The summed E-state index contributed by atoms with van der Waals surface area (Å²) in [6.07, 6.45) is 1.11. The molecular weight excluding hydrogens is 250 g/mol. The lowest BCUT2D eigenvalue weighted by Gasteiger charge is -2.25. The molecule has 4 nitrogen and oxygen atoms in total. The van der Waals surface area contributed by atoms with Gasteiger partial charge in [0.2, 0.25) is 5.91 Å². The van der Waals surface area contributed by atoms with Gasteiger partial charge < -0.3 is 10.6 Å². The fourth-order valence-corrected chi connectivity index (χ4v) is 2.15. The Labute approximate surface area is 121 Å². The zero-order chi connectivity index (χ0) is 15.3. The molecule has 0 aliphatic heterocycles. The first-order valence-electron chi connectivity index (χ1n) is 6.75. The van der Waals surface area contributed by atoms with Gasteiger partial charge in [-0.15, -0.1) is 0 Å². The Balaban J connectivity index is 2.70. The molecule has 0 bridgehead atoms. The lowest BCUT2D eigenvalue weighted by molar-refractivity contribution is -0.118. The van der Waals surface area contributed by atoms with E-state index >= 15 is 0 Å². The van der Waals surface area contributed by atoms with Crippen LogP contribution in [0.4, 0.5) is 5.69 Å². The molecule has 1 unspecified atom stereocenters. The van der Waals surface area contributed by atoms with E-state index in [1.165, 1.54) is 0 Å². The highest BCUT2D eigenvalue weighted by Crippen LogP contribution is 2.22. The van der Waals surface area contributed by atoms with E-state index in [1.807, 2.05) is 6.07 Å². The van der Waals surface area contributed by atoms with Gasteiger partial charge in [0, 0.05) is 25.2 Å². The van der Waals surface area contributed by atoms with E-state index in [0.717, 1.165) is 12.1 Å². The van der Waals surface area contributed by atoms with Gasteiger partial charge in [0.15, 0.2) is 0 Å². The number of nitriles is 1. The molecular formula is C16H23N3O. The molecule has 0 fully saturated rings. The molecule has 108 valence electrons. The van der Waals surface area contributed by atoms with Crippen molar-refractivity contribution in [3.8, 4) is 6.07 Å². The fraction of sp³-hybridized carbons (Fsp3) is 0.500. The quantitative estimate of drug-likeness (QED) is 0.916. The summed E-state index contributed by atoms with van der Waals surface area (Å²) in [5.41, 5.74) is 7.41. The summed E-state index contributed by atoms with van der Waals surface area (Å²) in [4.78, 5) is 13.8. The van der Waals surface area contributed by atoms with E-state index in [1.54, 1.807) is 30.1 Å². The second kappa shape index (κ2) is 6.53. The van der Waals surface area contributed by atoms with Crippen molar-refractivity contribution < 1.29 is 4.79 Å². The summed E-state index contributed by atoms with van der Waals surface area (Å²) < 4.78 is 0. The van der Waals surface area contributed by atoms with E-state index in [-0.39, 0.29) is 17.4 Å². The zero-order valence-corrected chi connectivity index (χ0v) is 12.7. The van der Waals surface area contributed by atoms with Gasteiger partial charge in [-0.05, 0) is 30.0 Å². The maximum Gasteiger partial charge on any atom is 0.228 e. The largest absolute Gasteiger partial charge is 0.327 e. The van der Waals surface area contributed by atoms with E-state index in [9.17, 15) is 4.79 Å². The number of amides is 1. The number of benzene rings is 1. The highest BCUT2D eigenvalue weighted by atomic mass is 16.2. The molecule has 1 aromatic carbocycles. The Morgan fingerprint density at radius 1 is 1.45 bits per heavy atom. The number of rotatable bonds is 4. The van der Waals surface area contributed by atoms with Crippen molar-refractivity contribution in [1.29, 1.82) is 5.26 Å². The summed E-state index contributed by atoms with van der Waals surface area (Å²) >= 11 is 0. The lowest BCUT2D eigenvalue weighted by atomic mass is 9.87. The molecule has 0 radical (unpaired) electrons. The molecule has 0 saturated carbocycles. The van der Waals surface area contributed by atoms with Gasteiger partial charge in [-0.25, -0.2) is 0 Å². The maximum absolute atomic E-state index is 12.2. The van der Waals surface area contributed by atoms with Gasteiger partial charge in [-0.2, -0.15) is 5.26 Å². The Morgan fingerprint density at radius 2 is 2.10 bits per heavy atom. The Hall–Kier alpha value is -1.86. The van der Waals surface area contributed by atoms with Gasteiger partial charge in [-0.3, -0.25) is 4.79 Å². The second-order valence-electron chi connectivity index (χ2n) is 6.34. The lowest BCUT2D eigenvalue weighted by Crippen LogP contribution is -2.35. The number of carbonyl (C=O) groups excluding carboxylic acids is 1. The van der Waals surface area contributed by atoms with Crippen molar-refractivity contribution in [1.82, 2.24) is 0 Å². The molecule has 0 spiro atoms. The topological polar surface area (TPSA) is 70.1 Å². The third-order valence-electron chi connectivity index (χ3n) is 3.05. The monoisotopic (exact) mass is 273 g/mol. The van der Waals surface area contributed by atoms with Crippen molar-refractivity contribution in [2.24, 2.45) is 11.1 Å². The van der Waals surface area contributed by atoms with Crippen molar-refractivity contribution in [3.05, 3.63) is 29.8 Å². The van der Waals surface area contributed by atoms with Crippen molar-refractivity contribution in [2.45, 2.75) is 39.7 Å². The first-order chi connectivity index (χ1) is 9.23. The van der Waals surface area contributed by atoms with E-state index in [4.69, 9.17) is 11.0 Å². The van der Waals surface area contributed by atoms with E-state index in [2.05, 4.69) is 26.8 Å². The molecule has 0 aromatic heterocycles. The number of nitrogens with zero attached hydrogens (tertiary/aromatic N) is 2. The average molecular weight is 273 g/mol. The molecule has 4 heteroatoms. The third kappa shape index (κ3) is 5.02. The summed E-state index contributed by atoms with van der Waals surface area (Å²) in [6, 6.07) is 8.92. The predicted molar refractivity (Wildman–Crippen MR) is 81.2 cm³/mol. The standard InChI is InChI=1S/C16H23N3O/c1-16(2,3)10-13(18)9-15(20)19(4)14-7-5-6-12(8-14)11-17/h5-8,13H,9-10,18H2,1-4H3. The van der Waals surface area contributed by atoms with Crippen LogP contribution < -0.4 is 10.6 Å². The van der Waals surface area contributed by atoms with Crippen LogP contribution in [-0.2, 0) is 4.79 Å². The van der Waals surface area contributed by atoms with Crippen LogP contribution in [0.15, 0.2) is 24.3 Å². The van der Waals surface area contributed by atoms with Gasteiger partial charge in [0.05, 0.1) is 11.6 Å². The van der Waals surface area contributed by atoms with Crippen molar-refractivity contribution in [2.75, 3.05) is 11.9 Å². The Bertz CT molecular complexity index is 511. The normalized spacial score (nSPS) is 12.6. The number of hydrogen-bond donors (Lipinski definition) is 1. The second-order valence-corrected chi connectivity index (χ2v) is 6.34. The predicted octanol–water partition coefficient (Wildman–Crippen LogP) is 2.67. The van der Waals surface area contributed by atoms with Crippen molar-refractivity contribution >= 4 is 11.6 Å². The summed E-state index contributed by atoms with van der Waals surface area (Å²) in [6.45, 7) is 6.33. The molecule has 1 aromatic rings. The molecule has 1 amide bonds. The molecule has 1 atom stereocenters. The van der Waals surface area contributed by atoms with Crippen molar-refractivity contribution in [3.63, 3.8) is 0 Å². The number of hydrogen-bond acceptors (Lipinski definition) is 3. The Morgan fingerprint density at radius 3 is 2.65 bits per heavy atom. The van der Waals surface area contributed by atoms with Gasteiger partial charge in [0.25, 0.3) is 0 Å². The third-order valence-corrected chi connectivity index (χ3v) is 3.05. The van der Waals surface area contributed by atoms with Crippen LogP contribution in [0.2, 0.25) is 0 Å². The molecule has 0 heterocycles. The SMILES string of the molecule is CN(C(=O)CC(N)CC(C)(C)C)c1cccc(C#N)c1. The maximum atomic E-state index is 12.2. The molecule has 0 aliphatic carbocycles. The fourth-order valence-electron chi connectivity index (χ4n) is 2.15. The van der Waals surface area contributed by atoms with Crippen LogP contribution in [0.25, 0.3) is 0 Å². The summed E-state index contributed by atoms with van der Waals surface area (Å²) in [7, 11) is 1.71. The Kier molecular flexibility index (Phi) is 5.29. The highest BCUT2D eigenvalue weighted by Gasteiger charge is 2.20.